The Kier molecular flexibility index (Phi) is 4.95. The van der Waals surface area contributed by atoms with Crippen molar-refractivity contribution < 1.29 is 4.42 Å². The highest BCUT2D eigenvalue weighted by atomic mass is 16.3. The monoisotopic (exact) mass is 302 g/mol. The molecule has 3 heterocycles. The van der Waals surface area contributed by atoms with Crippen LogP contribution in [-0.2, 0) is 6.54 Å². The van der Waals surface area contributed by atoms with Crippen LogP contribution in [0.2, 0.25) is 0 Å². The van der Waals surface area contributed by atoms with E-state index in [1.807, 2.05) is 25.3 Å². The SMILES string of the molecule is Cc1ccc(-c2[nH]ncc2CNCCN2CCCC(C)C2)o1. The highest BCUT2D eigenvalue weighted by molar-refractivity contribution is 5.56. The van der Waals surface area contributed by atoms with Crippen LogP contribution in [0.25, 0.3) is 11.5 Å². The number of likely N-dealkylation sites (tertiary alicyclic amines) is 1. The van der Waals surface area contributed by atoms with Gasteiger partial charge in [0.25, 0.3) is 0 Å². The van der Waals surface area contributed by atoms with E-state index in [0.29, 0.717) is 0 Å². The Hall–Kier alpha value is -1.59. The average Bonchev–Trinajstić information content (AvgIpc) is 3.12. The Labute approximate surface area is 132 Å². The fourth-order valence-electron chi connectivity index (χ4n) is 3.18. The van der Waals surface area contributed by atoms with E-state index < -0.39 is 0 Å². The molecule has 0 amide bonds. The van der Waals surface area contributed by atoms with E-state index in [9.17, 15) is 0 Å². The number of aryl methyl sites for hydroxylation is 1. The minimum atomic E-state index is 0.814. The number of nitrogens with zero attached hydrogens (tertiary/aromatic N) is 2. The zero-order chi connectivity index (χ0) is 15.4. The van der Waals surface area contributed by atoms with Crippen molar-refractivity contribution in [2.24, 2.45) is 5.92 Å². The summed E-state index contributed by atoms with van der Waals surface area (Å²) in [6, 6.07) is 3.96. The van der Waals surface area contributed by atoms with Gasteiger partial charge in [0.15, 0.2) is 5.76 Å². The van der Waals surface area contributed by atoms with Gasteiger partial charge in [0.05, 0.1) is 6.20 Å². The number of rotatable bonds is 6. The molecular formula is C17H26N4O. The van der Waals surface area contributed by atoms with Crippen molar-refractivity contribution in [3.05, 3.63) is 29.7 Å². The summed E-state index contributed by atoms with van der Waals surface area (Å²) in [4.78, 5) is 2.56. The molecule has 0 aliphatic carbocycles. The first-order valence-electron chi connectivity index (χ1n) is 8.24. The smallest absolute Gasteiger partial charge is 0.152 e. The van der Waals surface area contributed by atoms with Crippen molar-refractivity contribution in [1.82, 2.24) is 20.4 Å². The Morgan fingerprint density at radius 2 is 2.36 bits per heavy atom. The molecule has 3 rings (SSSR count). The van der Waals surface area contributed by atoms with E-state index in [-0.39, 0.29) is 0 Å². The summed E-state index contributed by atoms with van der Waals surface area (Å²) in [6.07, 6.45) is 4.60. The second-order valence-electron chi connectivity index (χ2n) is 6.41. The topological polar surface area (TPSA) is 57.1 Å². The highest BCUT2D eigenvalue weighted by Crippen LogP contribution is 2.23. The molecule has 1 atom stereocenters. The van der Waals surface area contributed by atoms with Gasteiger partial charge in [-0.1, -0.05) is 6.92 Å². The lowest BCUT2D eigenvalue weighted by Crippen LogP contribution is -2.38. The number of H-pyrrole nitrogens is 1. The van der Waals surface area contributed by atoms with Crippen molar-refractivity contribution in [2.75, 3.05) is 26.2 Å². The first-order valence-corrected chi connectivity index (χ1v) is 8.24. The molecule has 0 spiro atoms. The van der Waals surface area contributed by atoms with E-state index in [1.54, 1.807) is 0 Å². The van der Waals surface area contributed by atoms with Gasteiger partial charge in [-0.15, -0.1) is 0 Å². The van der Waals surface area contributed by atoms with Crippen molar-refractivity contribution >= 4 is 0 Å². The fraction of sp³-hybridized carbons (Fsp3) is 0.588. The Morgan fingerprint density at radius 3 is 3.14 bits per heavy atom. The van der Waals surface area contributed by atoms with Crippen molar-refractivity contribution in [3.63, 3.8) is 0 Å². The van der Waals surface area contributed by atoms with Gasteiger partial charge < -0.3 is 14.6 Å². The van der Waals surface area contributed by atoms with Gasteiger partial charge in [-0.05, 0) is 44.4 Å². The van der Waals surface area contributed by atoms with E-state index >= 15 is 0 Å². The van der Waals surface area contributed by atoms with E-state index in [2.05, 4.69) is 27.3 Å². The van der Waals surface area contributed by atoms with Gasteiger partial charge in [-0.25, -0.2) is 0 Å². The number of nitrogens with one attached hydrogen (secondary N) is 2. The maximum absolute atomic E-state index is 5.67. The molecule has 0 radical (unpaired) electrons. The maximum Gasteiger partial charge on any atom is 0.152 e. The van der Waals surface area contributed by atoms with E-state index in [4.69, 9.17) is 4.42 Å². The average molecular weight is 302 g/mol. The van der Waals surface area contributed by atoms with Crippen molar-refractivity contribution in [2.45, 2.75) is 33.2 Å². The summed E-state index contributed by atoms with van der Waals surface area (Å²) in [6.45, 7) is 9.74. The van der Waals surface area contributed by atoms with Gasteiger partial charge in [-0.2, -0.15) is 5.10 Å². The zero-order valence-corrected chi connectivity index (χ0v) is 13.6. The number of furan rings is 1. The fourth-order valence-corrected chi connectivity index (χ4v) is 3.18. The number of aromatic amines is 1. The molecule has 5 heteroatoms. The molecule has 1 aliphatic rings. The van der Waals surface area contributed by atoms with Crippen LogP contribution in [0.5, 0.6) is 0 Å². The summed E-state index contributed by atoms with van der Waals surface area (Å²) in [5.41, 5.74) is 2.13. The van der Waals surface area contributed by atoms with E-state index in [1.165, 1.54) is 25.9 Å². The summed E-state index contributed by atoms with van der Waals surface area (Å²) in [7, 11) is 0. The minimum absolute atomic E-state index is 0.814. The summed E-state index contributed by atoms with van der Waals surface area (Å²) in [5.74, 6) is 2.62. The zero-order valence-electron chi connectivity index (χ0n) is 13.6. The third kappa shape index (κ3) is 3.78. The lowest BCUT2D eigenvalue weighted by atomic mass is 10.0. The van der Waals surface area contributed by atoms with Gasteiger partial charge >= 0.3 is 0 Å². The second-order valence-corrected chi connectivity index (χ2v) is 6.41. The Balaban J connectivity index is 1.47. The number of hydrogen-bond donors (Lipinski definition) is 2. The summed E-state index contributed by atoms with van der Waals surface area (Å²) < 4.78 is 5.67. The highest BCUT2D eigenvalue weighted by Gasteiger charge is 2.15. The molecule has 2 aromatic heterocycles. The van der Waals surface area contributed by atoms with Crippen LogP contribution in [0.4, 0.5) is 0 Å². The van der Waals surface area contributed by atoms with Crippen LogP contribution in [0.1, 0.15) is 31.1 Å². The predicted octanol–water partition coefficient (Wildman–Crippen LogP) is 2.80. The van der Waals surface area contributed by atoms with Gasteiger partial charge in [-0.3, -0.25) is 5.10 Å². The van der Waals surface area contributed by atoms with Crippen LogP contribution in [0.15, 0.2) is 22.7 Å². The lowest BCUT2D eigenvalue weighted by molar-refractivity contribution is 0.184. The largest absolute Gasteiger partial charge is 0.460 e. The predicted molar refractivity (Wildman–Crippen MR) is 87.6 cm³/mol. The van der Waals surface area contributed by atoms with Crippen molar-refractivity contribution in [1.29, 1.82) is 0 Å². The molecule has 0 saturated carbocycles. The maximum atomic E-state index is 5.67. The van der Waals surface area contributed by atoms with Crippen LogP contribution >= 0.6 is 0 Å². The third-order valence-corrected chi connectivity index (χ3v) is 4.37. The van der Waals surface area contributed by atoms with Gasteiger partial charge in [0.1, 0.15) is 11.5 Å². The second kappa shape index (κ2) is 7.11. The molecule has 120 valence electrons. The standard InChI is InChI=1S/C17H26N4O/c1-13-4-3-8-21(12-13)9-7-18-10-15-11-19-20-17(15)16-6-5-14(2)22-16/h5-6,11,13,18H,3-4,7-10,12H2,1-2H3,(H,19,20). The molecule has 2 aromatic rings. The molecule has 2 N–H and O–H groups in total. The van der Waals surface area contributed by atoms with Crippen molar-refractivity contribution in [3.8, 4) is 11.5 Å². The summed E-state index contributed by atoms with van der Waals surface area (Å²) >= 11 is 0. The van der Waals surface area contributed by atoms with Crippen LogP contribution in [0.3, 0.4) is 0 Å². The third-order valence-electron chi connectivity index (χ3n) is 4.37. The molecule has 1 aliphatic heterocycles. The number of aromatic nitrogens is 2. The molecule has 1 saturated heterocycles. The minimum Gasteiger partial charge on any atom is -0.460 e. The van der Waals surface area contributed by atoms with Crippen LogP contribution < -0.4 is 5.32 Å². The summed E-state index contributed by atoms with van der Waals surface area (Å²) in [5, 5.41) is 10.7. The lowest BCUT2D eigenvalue weighted by Gasteiger charge is -2.30. The molecule has 1 fully saturated rings. The number of piperidine rings is 1. The van der Waals surface area contributed by atoms with E-state index in [0.717, 1.165) is 48.3 Å². The van der Waals surface area contributed by atoms with Gasteiger partial charge in [0, 0.05) is 31.7 Å². The molecule has 22 heavy (non-hydrogen) atoms. The first-order chi connectivity index (χ1) is 10.7. The molecular weight excluding hydrogens is 276 g/mol. The normalized spacial score (nSPS) is 19.6. The molecule has 5 nitrogen and oxygen atoms in total. The Morgan fingerprint density at radius 1 is 1.45 bits per heavy atom. The first kappa shape index (κ1) is 15.3. The van der Waals surface area contributed by atoms with Crippen LogP contribution in [-0.4, -0.2) is 41.3 Å². The Bertz CT molecular complexity index is 589. The quantitative estimate of drug-likeness (QED) is 0.806. The van der Waals surface area contributed by atoms with Crippen LogP contribution in [0, 0.1) is 12.8 Å². The number of hydrogen-bond acceptors (Lipinski definition) is 4. The van der Waals surface area contributed by atoms with Gasteiger partial charge in [0.2, 0.25) is 0 Å². The molecule has 1 unspecified atom stereocenters. The molecule has 0 bridgehead atoms. The molecule has 0 aromatic carbocycles.